The van der Waals surface area contributed by atoms with Gasteiger partial charge >= 0.3 is 5.97 Å². The number of aliphatic carboxylic acids is 1. The smallest absolute Gasteiger partial charge is 0.305 e. The lowest BCUT2D eigenvalue weighted by molar-refractivity contribution is -0.138. The van der Waals surface area contributed by atoms with E-state index in [1.165, 1.54) is 0 Å². The normalized spacial score (nSPS) is 15.0. The third-order valence-corrected chi connectivity index (χ3v) is 4.17. The van der Waals surface area contributed by atoms with Gasteiger partial charge in [-0.3, -0.25) is 9.59 Å². The summed E-state index contributed by atoms with van der Waals surface area (Å²) in [5.41, 5.74) is -0.187. The van der Waals surface area contributed by atoms with Crippen molar-refractivity contribution in [2.75, 3.05) is 0 Å². The summed E-state index contributed by atoms with van der Waals surface area (Å²) in [7, 11) is 0. The van der Waals surface area contributed by atoms with Crippen molar-refractivity contribution in [3.05, 3.63) is 17.3 Å². The van der Waals surface area contributed by atoms with Gasteiger partial charge in [-0.05, 0) is 32.6 Å². The molecule has 2 rings (SSSR count). The summed E-state index contributed by atoms with van der Waals surface area (Å²) in [6.07, 6.45) is 3.09. The lowest BCUT2D eigenvalue weighted by Crippen LogP contribution is -2.49. The van der Waals surface area contributed by atoms with Gasteiger partial charge in [0.2, 0.25) is 5.76 Å². The molecule has 1 aromatic rings. The molecule has 0 bridgehead atoms. The molecule has 1 heterocycles. The molecule has 0 aromatic carbocycles. The highest BCUT2D eigenvalue weighted by Gasteiger charge is 2.35. The summed E-state index contributed by atoms with van der Waals surface area (Å²) in [6, 6.07) is 0. The summed E-state index contributed by atoms with van der Waals surface area (Å²) < 4.78 is 5.57. The van der Waals surface area contributed by atoms with Gasteiger partial charge in [0.25, 0.3) is 5.91 Å². The molecule has 1 aliphatic carbocycles. The standard InChI is InChI=1S/C15H22N2O4/c1-4-15(5-2,8-11(18)19)17-13(20)12-9(3)16-14(21-12)10-6-7-10/h10H,4-8H2,1-3H3,(H,17,20)(H,18,19). The Bertz CT molecular complexity index is 542. The molecule has 6 nitrogen and oxygen atoms in total. The number of carbonyl (C=O) groups excluding carboxylic acids is 1. The Hall–Kier alpha value is -1.85. The maximum atomic E-state index is 12.4. The maximum Gasteiger partial charge on any atom is 0.305 e. The van der Waals surface area contributed by atoms with Crippen molar-refractivity contribution in [2.24, 2.45) is 0 Å². The molecule has 0 saturated heterocycles. The molecule has 0 spiro atoms. The van der Waals surface area contributed by atoms with E-state index in [1.807, 2.05) is 13.8 Å². The fourth-order valence-electron chi connectivity index (χ4n) is 2.44. The molecule has 116 valence electrons. The third-order valence-electron chi connectivity index (χ3n) is 4.17. The molecule has 0 atom stereocenters. The zero-order chi connectivity index (χ0) is 15.6. The van der Waals surface area contributed by atoms with Crippen LogP contribution in [0.5, 0.6) is 0 Å². The van der Waals surface area contributed by atoms with E-state index in [0.717, 1.165) is 12.8 Å². The zero-order valence-electron chi connectivity index (χ0n) is 12.7. The molecule has 0 aliphatic heterocycles. The molecule has 1 amide bonds. The number of aromatic nitrogens is 1. The number of hydrogen-bond donors (Lipinski definition) is 2. The van der Waals surface area contributed by atoms with Crippen molar-refractivity contribution < 1.29 is 19.1 Å². The number of carboxylic acids is 1. The summed E-state index contributed by atoms with van der Waals surface area (Å²) in [5, 5.41) is 11.9. The first-order valence-corrected chi connectivity index (χ1v) is 7.42. The molecule has 2 N–H and O–H groups in total. The highest BCUT2D eigenvalue weighted by atomic mass is 16.4. The van der Waals surface area contributed by atoms with Gasteiger partial charge in [0, 0.05) is 5.92 Å². The highest BCUT2D eigenvalue weighted by Crippen LogP contribution is 2.40. The Kier molecular flexibility index (Phi) is 4.34. The Morgan fingerprint density at radius 1 is 1.38 bits per heavy atom. The largest absolute Gasteiger partial charge is 0.481 e. The third kappa shape index (κ3) is 3.43. The van der Waals surface area contributed by atoms with Crippen LogP contribution in [0.1, 0.15) is 74.0 Å². The van der Waals surface area contributed by atoms with Crippen molar-refractivity contribution in [2.45, 2.75) is 64.3 Å². The number of carboxylic acid groups (broad SMARTS) is 1. The highest BCUT2D eigenvalue weighted by molar-refractivity contribution is 5.93. The van der Waals surface area contributed by atoms with Gasteiger partial charge in [-0.25, -0.2) is 4.98 Å². The molecule has 1 aliphatic rings. The minimum absolute atomic E-state index is 0.103. The van der Waals surface area contributed by atoms with Crippen LogP contribution in [-0.2, 0) is 4.79 Å². The van der Waals surface area contributed by atoms with Crippen LogP contribution in [0, 0.1) is 6.92 Å². The van der Waals surface area contributed by atoms with E-state index in [-0.39, 0.29) is 18.1 Å². The Labute approximate surface area is 123 Å². The summed E-state index contributed by atoms with van der Waals surface area (Å²) in [6.45, 7) is 5.48. The Morgan fingerprint density at radius 2 is 2.00 bits per heavy atom. The fraction of sp³-hybridized carbons (Fsp3) is 0.667. The molecule has 21 heavy (non-hydrogen) atoms. The summed E-state index contributed by atoms with van der Waals surface area (Å²) >= 11 is 0. The van der Waals surface area contributed by atoms with Gasteiger partial charge in [-0.1, -0.05) is 13.8 Å². The summed E-state index contributed by atoms with van der Waals surface area (Å²) in [4.78, 5) is 27.7. The lowest BCUT2D eigenvalue weighted by atomic mass is 9.89. The van der Waals surface area contributed by atoms with Gasteiger partial charge < -0.3 is 14.8 Å². The first kappa shape index (κ1) is 15.5. The molecule has 6 heteroatoms. The van der Waals surface area contributed by atoms with Crippen LogP contribution in [0.2, 0.25) is 0 Å². The topological polar surface area (TPSA) is 92.4 Å². The van der Waals surface area contributed by atoms with E-state index in [0.29, 0.717) is 30.3 Å². The van der Waals surface area contributed by atoms with Crippen molar-refractivity contribution >= 4 is 11.9 Å². The predicted octanol–water partition coefficient (Wildman–Crippen LogP) is 2.62. The van der Waals surface area contributed by atoms with E-state index in [9.17, 15) is 9.59 Å². The second-order valence-electron chi connectivity index (χ2n) is 5.75. The predicted molar refractivity (Wildman–Crippen MR) is 76.2 cm³/mol. The van der Waals surface area contributed by atoms with E-state index in [4.69, 9.17) is 9.52 Å². The molecular weight excluding hydrogens is 272 g/mol. The number of oxazole rings is 1. The Balaban J connectivity index is 2.16. The van der Waals surface area contributed by atoms with E-state index in [1.54, 1.807) is 6.92 Å². The average Bonchev–Trinajstić information content (AvgIpc) is 3.20. The number of rotatable bonds is 7. The van der Waals surface area contributed by atoms with Crippen molar-refractivity contribution in [3.63, 3.8) is 0 Å². The SMILES string of the molecule is CCC(CC)(CC(=O)O)NC(=O)c1oc(C2CC2)nc1C. The minimum atomic E-state index is -0.924. The van der Waals surface area contributed by atoms with Crippen LogP contribution in [0.4, 0.5) is 0 Å². The monoisotopic (exact) mass is 294 g/mol. The quantitative estimate of drug-likeness (QED) is 0.806. The van der Waals surface area contributed by atoms with Crippen LogP contribution in [0.25, 0.3) is 0 Å². The van der Waals surface area contributed by atoms with Gasteiger partial charge in [0.15, 0.2) is 5.89 Å². The van der Waals surface area contributed by atoms with Crippen LogP contribution < -0.4 is 5.32 Å². The number of carbonyl (C=O) groups is 2. The first-order chi connectivity index (χ1) is 9.90. The molecule has 1 fully saturated rings. The summed E-state index contributed by atoms with van der Waals surface area (Å²) in [5.74, 6) is -0.141. The molecular formula is C15H22N2O4. The Morgan fingerprint density at radius 3 is 2.48 bits per heavy atom. The van der Waals surface area contributed by atoms with Gasteiger partial charge in [0.05, 0.1) is 17.7 Å². The number of hydrogen-bond acceptors (Lipinski definition) is 4. The van der Waals surface area contributed by atoms with Crippen molar-refractivity contribution in [3.8, 4) is 0 Å². The number of nitrogens with one attached hydrogen (secondary N) is 1. The lowest BCUT2D eigenvalue weighted by Gasteiger charge is -2.30. The molecule has 0 radical (unpaired) electrons. The van der Waals surface area contributed by atoms with Crippen molar-refractivity contribution in [1.82, 2.24) is 10.3 Å². The minimum Gasteiger partial charge on any atom is -0.481 e. The van der Waals surface area contributed by atoms with Crippen molar-refractivity contribution in [1.29, 1.82) is 0 Å². The van der Waals surface area contributed by atoms with E-state index in [2.05, 4.69) is 10.3 Å². The van der Waals surface area contributed by atoms with Gasteiger partial charge in [-0.2, -0.15) is 0 Å². The molecule has 1 aromatic heterocycles. The van der Waals surface area contributed by atoms with Crippen LogP contribution in [0.3, 0.4) is 0 Å². The fourth-order valence-corrected chi connectivity index (χ4v) is 2.44. The first-order valence-electron chi connectivity index (χ1n) is 7.42. The van der Waals surface area contributed by atoms with E-state index >= 15 is 0 Å². The number of amides is 1. The maximum absolute atomic E-state index is 12.4. The van der Waals surface area contributed by atoms with Gasteiger partial charge in [-0.15, -0.1) is 0 Å². The number of nitrogens with zero attached hydrogens (tertiary/aromatic N) is 1. The van der Waals surface area contributed by atoms with E-state index < -0.39 is 11.5 Å². The molecule has 1 saturated carbocycles. The molecule has 0 unspecified atom stereocenters. The second-order valence-corrected chi connectivity index (χ2v) is 5.75. The van der Waals surface area contributed by atoms with Crippen LogP contribution >= 0.6 is 0 Å². The second kappa shape index (κ2) is 5.87. The van der Waals surface area contributed by atoms with Gasteiger partial charge in [0.1, 0.15) is 0 Å². The zero-order valence-corrected chi connectivity index (χ0v) is 12.7. The average molecular weight is 294 g/mol. The van der Waals surface area contributed by atoms with Crippen LogP contribution in [-0.4, -0.2) is 27.5 Å². The number of aryl methyl sites for hydroxylation is 1. The van der Waals surface area contributed by atoms with Crippen LogP contribution in [0.15, 0.2) is 4.42 Å².